The van der Waals surface area contributed by atoms with Crippen LogP contribution in [0.4, 0.5) is 20.3 Å². The lowest BCUT2D eigenvalue weighted by Crippen LogP contribution is -2.57. The minimum Gasteiger partial charge on any atom is -0.343 e. The van der Waals surface area contributed by atoms with Crippen LogP contribution in [0.3, 0.4) is 0 Å². The van der Waals surface area contributed by atoms with Crippen LogP contribution in [0.2, 0.25) is 0 Å². The first kappa shape index (κ1) is 24.2. The second-order valence-corrected chi connectivity index (χ2v) is 8.24. The van der Waals surface area contributed by atoms with E-state index in [0.717, 1.165) is 12.1 Å². The third kappa shape index (κ3) is 5.00. The minimum absolute atomic E-state index is 0.114. The van der Waals surface area contributed by atoms with E-state index in [1.165, 1.54) is 17.2 Å². The summed E-state index contributed by atoms with van der Waals surface area (Å²) in [6, 6.07) is 4.07. The van der Waals surface area contributed by atoms with E-state index < -0.39 is 47.3 Å². The molecule has 0 aliphatic carbocycles. The van der Waals surface area contributed by atoms with Gasteiger partial charge in [-0.2, -0.15) is 0 Å². The van der Waals surface area contributed by atoms with Crippen molar-refractivity contribution in [3.05, 3.63) is 53.7 Å². The standard InChI is InChI=1S/C23H27F2N5O3/c1-12(2)18(28-21(31)13(3)26-4)23(33)30-17(11-14-7-6-10-27-20(14)30)22(32)29-19-15(24)8-5-9-16(19)25/h5-10,12-13,17-18,26H,11H2,1-4H3,(H,28,31)(H,29,32)/t13-,17?,18?/m0/s1. The Morgan fingerprint density at radius 3 is 2.36 bits per heavy atom. The number of carbonyl (C=O) groups is 3. The Hall–Kier alpha value is -3.40. The van der Waals surface area contributed by atoms with Crippen LogP contribution in [0, 0.1) is 17.6 Å². The zero-order valence-corrected chi connectivity index (χ0v) is 18.9. The highest BCUT2D eigenvalue weighted by Gasteiger charge is 2.43. The summed E-state index contributed by atoms with van der Waals surface area (Å²) in [6.07, 6.45) is 1.60. The van der Waals surface area contributed by atoms with E-state index >= 15 is 0 Å². The molecule has 2 unspecified atom stereocenters. The fourth-order valence-corrected chi connectivity index (χ4v) is 3.62. The topological polar surface area (TPSA) is 103 Å². The molecule has 3 N–H and O–H groups in total. The Kier molecular flexibility index (Phi) is 7.37. The van der Waals surface area contributed by atoms with Crippen LogP contribution in [0.15, 0.2) is 36.5 Å². The van der Waals surface area contributed by atoms with Crippen LogP contribution in [-0.2, 0) is 20.8 Å². The van der Waals surface area contributed by atoms with Crippen molar-refractivity contribution in [3.63, 3.8) is 0 Å². The zero-order chi connectivity index (χ0) is 24.3. The highest BCUT2D eigenvalue weighted by atomic mass is 19.1. The zero-order valence-electron chi connectivity index (χ0n) is 18.9. The lowest BCUT2D eigenvalue weighted by atomic mass is 10.0. The number of hydrogen-bond acceptors (Lipinski definition) is 5. The monoisotopic (exact) mass is 459 g/mol. The molecule has 0 bridgehead atoms. The Morgan fingerprint density at radius 1 is 1.09 bits per heavy atom. The van der Waals surface area contributed by atoms with Gasteiger partial charge in [0.15, 0.2) is 0 Å². The van der Waals surface area contributed by atoms with Crippen molar-refractivity contribution in [3.8, 4) is 0 Å². The van der Waals surface area contributed by atoms with Crippen molar-refractivity contribution < 1.29 is 23.2 Å². The van der Waals surface area contributed by atoms with E-state index in [1.807, 2.05) is 0 Å². The summed E-state index contributed by atoms with van der Waals surface area (Å²) in [6.45, 7) is 5.20. The lowest BCUT2D eigenvalue weighted by Gasteiger charge is -2.31. The van der Waals surface area contributed by atoms with Gasteiger partial charge >= 0.3 is 0 Å². The maximum atomic E-state index is 14.1. The number of rotatable bonds is 7. The number of likely N-dealkylation sites (N-methyl/N-ethyl adjacent to an activating group) is 1. The lowest BCUT2D eigenvalue weighted by molar-refractivity contribution is -0.130. The fraction of sp³-hybridized carbons (Fsp3) is 0.391. The summed E-state index contributed by atoms with van der Waals surface area (Å²) in [7, 11) is 1.62. The Bertz CT molecular complexity index is 1040. The number of anilines is 2. The summed E-state index contributed by atoms with van der Waals surface area (Å²) >= 11 is 0. The van der Waals surface area contributed by atoms with Crippen LogP contribution in [0.25, 0.3) is 0 Å². The van der Waals surface area contributed by atoms with E-state index in [4.69, 9.17) is 0 Å². The first-order chi connectivity index (χ1) is 15.6. The van der Waals surface area contributed by atoms with E-state index in [2.05, 4.69) is 20.9 Å². The van der Waals surface area contributed by atoms with Crippen molar-refractivity contribution in [1.82, 2.24) is 15.6 Å². The second-order valence-electron chi connectivity index (χ2n) is 8.24. The van der Waals surface area contributed by atoms with Crippen molar-refractivity contribution >= 4 is 29.2 Å². The molecular formula is C23H27F2N5O3. The van der Waals surface area contributed by atoms with Gasteiger partial charge in [-0.05, 0) is 43.7 Å². The molecule has 3 rings (SSSR count). The Labute approximate surface area is 190 Å². The van der Waals surface area contributed by atoms with Gasteiger partial charge in [-0.1, -0.05) is 26.0 Å². The van der Waals surface area contributed by atoms with Crippen molar-refractivity contribution in [2.24, 2.45) is 5.92 Å². The number of nitrogens with zero attached hydrogens (tertiary/aromatic N) is 2. The number of hydrogen-bond donors (Lipinski definition) is 3. The predicted octanol–water partition coefficient (Wildman–Crippen LogP) is 2.00. The number of fused-ring (bicyclic) bond motifs is 1. The molecule has 1 aliphatic heterocycles. The van der Waals surface area contributed by atoms with Gasteiger partial charge in [0.25, 0.3) is 5.91 Å². The van der Waals surface area contributed by atoms with E-state index in [1.54, 1.807) is 40.0 Å². The number of pyridine rings is 1. The highest BCUT2D eigenvalue weighted by molar-refractivity contribution is 6.09. The summed E-state index contributed by atoms with van der Waals surface area (Å²) in [5.74, 6) is -3.55. The smallest absolute Gasteiger partial charge is 0.251 e. The number of para-hydroxylation sites is 1. The molecule has 3 atom stereocenters. The molecule has 0 radical (unpaired) electrons. The average molecular weight is 459 g/mol. The molecule has 8 nitrogen and oxygen atoms in total. The Morgan fingerprint density at radius 2 is 1.76 bits per heavy atom. The van der Waals surface area contributed by atoms with Gasteiger partial charge in [0.2, 0.25) is 11.8 Å². The molecule has 1 aromatic carbocycles. The summed E-state index contributed by atoms with van der Waals surface area (Å²) in [5.41, 5.74) is 0.0489. The van der Waals surface area contributed by atoms with Crippen molar-refractivity contribution in [1.29, 1.82) is 0 Å². The summed E-state index contributed by atoms with van der Waals surface area (Å²) < 4.78 is 28.2. The van der Waals surface area contributed by atoms with Crippen LogP contribution in [-0.4, -0.2) is 47.9 Å². The van der Waals surface area contributed by atoms with Crippen molar-refractivity contribution in [2.45, 2.75) is 45.3 Å². The molecule has 0 spiro atoms. The number of amides is 3. The van der Waals surface area contributed by atoms with E-state index in [-0.39, 0.29) is 24.1 Å². The van der Waals surface area contributed by atoms with Gasteiger partial charge in [-0.25, -0.2) is 13.8 Å². The van der Waals surface area contributed by atoms with Crippen molar-refractivity contribution in [2.75, 3.05) is 17.3 Å². The maximum absolute atomic E-state index is 14.1. The average Bonchev–Trinajstić information content (AvgIpc) is 3.18. The van der Waals surface area contributed by atoms with E-state index in [0.29, 0.717) is 5.56 Å². The minimum atomic E-state index is -1.10. The van der Waals surface area contributed by atoms with Crippen LogP contribution >= 0.6 is 0 Å². The van der Waals surface area contributed by atoms with Gasteiger partial charge in [0, 0.05) is 12.6 Å². The van der Waals surface area contributed by atoms with E-state index in [9.17, 15) is 23.2 Å². The molecule has 0 saturated heterocycles. The molecule has 1 aromatic heterocycles. The number of aromatic nitrogens is 1. The fourth-order valence-electron chi connectivity index (χ4n) is 3.62. The largest absolute Gasteiger partial charge is 0.343 e. The molecule has 0 saturated carbocycles. The third-order valence-electron chi connectivity index (χ3n) is 5.63. The van der Waals surface area contributed by atoms with Crippen LogP contribution in [0.1, 0.15) is 26.3 Å². The number of benzene rings is 1. The first-order valence-electron chi connectivity index (χ1n) is 10.6. The summed E-state index contributed by atoms with van der Waals surface area (Å²) in [5, 5.41) is 7.81. The molecular weight excluding hydrogens is 432 g/mol. The number of nitrogens with one attached hydrogen (secondary N) is 3. The Balaban J connectivity index is 1.94. The molecule has 0 fully saturated rings. The van der Waals surface area contributed by atoms with Crippen LogP contribution < -0.4 is 20.9 Å². The quantitative estimate of drug-likeness (QED) is 0.588. The van der Waals surface area contributed by atoms with Gasteiger partial charge in [0.05, 0.1) is 6.04 Å². The SMILES string of the molecule is CN[C@@H](C)C(=O)NC(C(=O)N1c2ncccc2CC1C(=O)Nc1c(F)cccc1F)C(C)C. The molecule has 33 heavy (non-hydrogen) atoms. The van der Waals surface area contributed by atoms with Gasteiger partial charge < -0.3 is 16.0 Å². The molecule has 1 aliphatic rings. The number of carbonyl (C=O) groups excluding carboxylic acids is 3. The molecule has 176 valence electrons. The van der Waals surface area contributed by atoms with Gasteiger partial charge in [-0.3, -0.25) is 19.3 Å². The normalized spacial score (nSPS) is 16.8. The molecule has 2 heterocycles. The number of halogens is 2. The predicted molar refractivity (Wildman–Crippen MR) is 119 cm³/mol. The first-order valence-corrected chi connectivity index (χ1v) is 10.6. The summed E-state index contributed by atoms with van der Waals surface area (Å²) in [4.78, 5) is 44.7. The maximum Gasteiger partial charge on any atom is 0.251 e. The third-order valence-corrected chi connectivity index (χ3v) is 5.63. The van der Waals surface area contributed by atoms with Gasteiger partial charge in [-0.15, -0.1) is 0 Å². The van der Waals surface area contributed by atoms with Crippen LogP contribution in [0.5, 0.6) is 0 Å². The second kappa shape index (κ2) is 10.0. The molecule has 3 amide bonds. The van der Waals surface area contributed by atoms with Gasteiger partial charge in [0.1, 0.15) is 35.2 Å². The molecule has 2 aromatic rings. The highest BCUT2D eigenvalue weighted by Crippen LogP contribution is 2.32. The molecule has 10 heteroatoms.